The fourth-order valence-electron chi connectivity index (χ4n) is 1.72. The average Bonchev–Trinajstić information content (AvgIpc) is 2.16. The Balaban J connectivity index is 2.80. The standard InChI is InChI=1S/C15H25N/c1-14(2,3)13-9-7-12(8-10-13)11-15(4,5)16-6/h7-10,16H,11H2,1-6H3. The molecule has 0 unspecified atom stereocenters. The van der Waals surface area contributed by atoms with Gasteiger partial charge in [0.1, 0.15) is 0 Å². The van der Waals surface area contributed by atoms with Crippen LogP contribution in [0.3, 0.4) is 0 Å². The first-order chi connectivity index (χ1) is 7.24. The molecule has 0 bridgehead atoms. The van der Waals surface area contributed by atoms with Crippen LogP contribution in [0.5, 0.6) is 0 Å². The van der Waals surface area contributed by atoms with Gasteiger partial charge in [-0.1, -0.05) is 45.0 Å². The zero-order chi connectivity index (χ0) is 12.4. The molecule has 0 atom stereocenters. The molecule has 1 nitrogen and oxygen atoms in total. The van der Waals surface area contributed by atoms with Crippen LogP contribution in [-0.4, -0.2) is 12.6 Å². The number of hydrogen-bond donors (Lipinski definition) is 1. The summed E-state index contributed by atoms with van der Waals surface area (Å²) in [5.74, 6) is 0. The van der Waals surface area contributed by atoms with E-state index in [4.69, 9.17) is 0 Å². The molecule has 0 spiro atoms. The minimum Gasteiger partial charge on any atom is -0.314 e. The predicted octanol–water partition coefficient (Wildman–Crippen LogP) is 3.52. The highest BCUT2D eigenvalue weighted by atomic mass is 14.9. The van der Waals surface area contributed by atoms with Gasteiger partial charge in [-0.25, -0.2) is 0 Å². The maximum absolute atomic E-state index is 3.33. The lowest BCUT2D eigenvalue weighted by Crippen LogP contribution is -2.38. The zero-order valence-electron chi connectivity index (χ0n) is 11.5. The Morgan fingerprint density at radius 2 is 1.44 bits per heavy atom. The van der Waals surface area contributed by atoms with Crippen LogP contribution in [0, 0.1) is 0 Å². The van der Waals surface area contributed by atoms with E-state index in [2.05, 4.69) is 64.2 Å². The largest absolute Gasteiger partial charge is 0.314 e. The first kappa shape index (κ1) is 13.2. The first-order valence-corrected chi connectivity index (χ1v) is 6.03. The van der Waals surface area contributed by atoms with Crippen molar-refractivity contribution in [1.29, 1.82) is 0 Å². The van der Waals surface area contributed by atoms with Gasteiger partial charge in [-0.3, -0.25) is 0 Å². The van der Waals surface area contributed by atoms with Gasteiger partial charge in [0, 0.05) is 5.54 Å². The minimum absolute atomic E-state index is 0.170. The van der Waals surface area contributed by atoms with E-state index in [1.807, 2.05) is 7.05 Å². The summed E-state index contributed by atoms with van der Waals surface area (Å²) in [4.78, 5) is 0. The number of benzene rings is 1. The van der Waals surface area contributed by atoms with Crippen molar-refractivity contribution in [2.45, 2.75) is 52.0 Å². The van der Waals surface area contributed by atoms with Crippen LogP contribution in [0.2, 0.25) is 0 Å². The summed E-state index contributed by atoms with van der Waals surface area (Å²) in [6.45, 7) is 11.2. The lowest BCUT2D eigenvalue weighted by Gasteiger charge is -2.25. The van der Waals surface area contributed by atoms with Gasteiger partial charge >= 0.3 is 0 Å². The maximum atomic E-state index is 3.33. The highest BCUT2D eigenvalue weighted by Crippen LogP contribution is 2.23. The molecule has 16 heavy (non-hydrogen) atoms. The van der Waals surface area contributed by atoms with Crippen LogP contribution in [0.15, 0.2) is 24.3 Å². The van der Waals surface area contributed by atoms with Crippen LogP contribution < -0.4 is 5.32 Å². The van der Waals surface area contributed by atoms with Crippen molar-refractivity contribution in [3.8, 4) is 0 Å². The van der Waals surface area contributed by atoms with Crippen LogP contribution in [0.1, 0.15) is 45.7 Å². The number of rotatable bonds is 3. The molecule has 0 amide bonds. The number of hydrogen-bond acceptors (Lipinski definition) is 1. The Morgan fingerprint density at radius 1 is 0.938 bits per heavy atom. The van der Waals surface area contributed by atoms with Crippen LogP contribution in [-0.2, 0) is 11.8 Å². The monoisotopic (exact) mass is 219 g/mol. The van der Waals surface area contributed by atoms with Gasteiger partial charge in [-0.2, -0.15) is 0 Å². The lowest BCUT2D eigenvalue weighted by molar-refractivity contribution is 0.422. The summed E-state index contributed by atoms with van der Waals surface area (Å²) in [7, 11) is 2.02. The van der Waals surface area contributed by atoms with Gasteiger partial charge in [-0.15, -0.1) is 0 Å². The number of nitrogens with one attached hydrogen (secondary N) is 1. The molecule has 0 saturated heterocycles. The summed E-state index contributed by atoms with van der Waals surface area (Å²) in [5, 5.41) is 3.33. The number of likely N-dealkylation sites (N-methyl/N-ethyl adjacent to an activating group) is 1. The Bertz CT molecular complexity index is 327. The van der Waals surface area contributed by atoms with Gasteiger partial charge < -0.3 is 5.32 Å². The van der Waals surface area contributed by atoms with Crippen molar-refractivity contribution in [1.82, 2.24) is 5.32 Å². The van der Waals surface area contributed by atoms with Gasteiger partial charge in [0.2, 0.25) is 0 Å². The second-order valence-corrected chi connectivity index (χ2v) is 6.26. The van der Waals surface area contributed by atoms with E-state index in [0.29, 0.717) is 0 Å². The predicted molar refractivity (Wildman–Crippen MR) is 72.0 cm³/mol. The summed E-state index contributed by atoms with van der Waals surface area (Å²) >= 11 is 0. The summed E-state index contributed by atoms with van der Waals surface area (Å²) in [5.41, 5.74) is 3.21. The maximum Gasteiger partial charge on any atom is 0.0162 e. The molecule has 0 heterocycles. The van der Waals surface area contributed by atoms with Crippen molar-refractivity contribution in [3.05, 3.63) is 35.4 Å². The van der Waals surface area contributed by atoms with Crippen LogP contribution in [0.4, 0.5) is 0 Å². The van der Waals surface area contributed by atoms with Gasteiger partial charge in [0.05, 0.1) is 0 Å². The van der Waals surface area contributed by atoms with E-state index in [0.717, 1.165) is 6.42 Å². The van der Waals surface area contributed by atoms with Crippen LogP contribution >= 0.6 is 0 Å². The van der Waals surface area contributed by atoms with E-state index < -0.39 is 0 Å². The average molecular weight is 219 g/mol. The lowest BCUT2D eigenvalue weighted by atomic mass is 9.85. The van der Waals surface area contributed by atoms with Crippen molar-refractivity contribution < 1.29 is 0 Å². The third-order valence-electron chi connectivity index (χ3n) is 3.14. The molecule has 0 aromatic heterocycles. The minimum atomic E-state index is 0.170. The van der Waals surface area contributed by atoms with Crippen LogP contribution in [0.25, 0.3) is 0 Å². The highest BCUT2D eigenvalue weighted by molar-refractivity contribution is 5.28. The molecule has 90 valence electrons. The fourth-order valence-corrected chi connectivity index (χ4v) is 1.72. The van der Waals surface area contributed by atoms with E-state index in [-0.39, 0.29) is 11.0 Å². The first-order valence-electron chi connectivity index (χ1n) is 6.03. The molecule has 1 N–H and O–H groups in total. The van der Waals surface area contributed by atoms with Gasteiger partial charge in [-0.05, 0) is 43.9 Å². The van der Waals surface area contributed by atoms with E-state index in [1.165, 1.54) is 11.1 Å². The summed E-state index contributed by atoms with van der Waals surface area (Å²) in [6, 6.07) is 9.00. The second-order valence-electron chi connectivity index (χ2n) is 6.26. The molecular formula is C15H25N. The Kier molecular flexibility index (Phi) is 3.80. The van der Waals surface area contributed by atoms with Gasteiger partial charge in [0.15, 0.2) is 0 Å². The van der Waals surface area contributed by atoms with Crippen molar-refractivity contribution in [2.24, 2.45) is 0 Å². The topological polar surface area (TPSA) is 12.0 Å². The normalized spacial score (nSPS) is 12.9. The van der Waals surface area contributed by atoms with Gasteiger partial charge in [0.25, 0.3) is 0 Å². The molecule has 1 heteroatoms. The highest BCUT2D eigenvalue weighted by Gasteiger charge is 2.16. The third-order valence-corrected chi connectivity index (χ3v) is 3.14. The molecule has 0 radical (unpaired) electrons. The quantitative estimate of drug-likeness (QED) is 0.820. The molecular weight excluding hydrogens is 194 g/mol. The Hall–Kier alpha value is -0.820. The van der Waals surface area contributed by atoms with Crippen molar-refractivity contribution in [3.63, 3.8) is 0 Å². The molecule has 1 rings (SSSR count). The summed E-state index contributed by atoms with van der Waals surface area (Å²) in [6.07, 6.45) is 1.06. The fraction of sp³-hybridized carbons (Fsp3) is 0.600. The molecule has 0 saturated carbocycles. The Labute approximate surface area is 100 Å². The van der Waals surface area contributed by atoms with Crippen molar-refractivity contribution in [2.75, 3.05) is 7.05 Å². The molecule has 1 aromatic carbocycles. The Morgan fingerprint density at radius 3 is 1.81 bits per heavy atom. The summed E-state index contributed by atoms with van der Waals surface area (Å²) < 4.78 is 0. The third kappa shape index (κ3) is 3.64. The smallest absolute Gasteiger partial charge is 0.0162 e. The molecule has 0 aliphatic carbocycles. The van der Waals surface area contributed by atoms with E-state index in [1.54, 1.807) is 0 Å². The van der Waals surface area contributed by atoms with Crippen molar-refractivity contribution >= 4 is 0 Å². The molecule has 1 aromatic rings. The SMILES string of the molecule is CNC(C)(C)Cc1ccc(C(C)(C)C)cc1. The molecule has 0 aliphatic heterocycles. The molecule has 0 aliphatic rings. The second kappa shape index (κ2) is 4.58. The zero-order valence-corrected chi connectivity index (χ0v) is 11.5. The molecule has 0 fully saturated rings. The van der Waals surface area contributed by atoms with E-state index >= 15 is 0 Å². The van der Waals surface area contributed by atoms with E-state index in [9.17, 15) is 0 Å².